The predicted molar refractivity (Wildman–Crippen MR) is 66.5 cm³/mol. The van der Waals surface area contributed by atoms with Crippen LogP contribution in [0.15, 0.2) is 24.3 Å². The Kier molecular flexibility index (Phi) is 5.44. The Balaban J connectivity index is 2.68. The molecule has 0 aliphatic rings. The number of hydrogen-bond acceptors (Lipinski definition) is 2. The summed E-state index contributed by atoms with van der Waals surface area (Å²) in [5, 5.41) is 0.590. The first-order valence-electron chi connectivity index (χ1n) is 5.56. The molecule has 0 aliphatic heterocycles. The standard InChI is InChI=1S/C12H16ClF3N2/c1-18(7-6-12(14,15)16)11(8-17)9-2-4-10(13)5-3-9/h2-5,11H,6-8,17H2,1H3/t11-/m1/s1. The molecule has 18 heavy (non-hydrogen) atoms. The Bertz CT molecular complexity index is 365. The Morgan fingerprint density at radius 3 is 2.28 bits per heavy atom. The van der Waals surface area contributed by atoms with Gasteiger partial charge in [-0.1, -0.05) is 23.7 Å². The van der Waals surface area contributed by atoms with Crippen LogP contribution in [-0.4, -0.2) is 31.2 Å². The van der Waals surface area contributed by atoms with Gasteiger partial charge >= 0.3 is 6.18 Å². The van der Waals surface area contributed by atoms with Gasteiger partial charge < -0.3 is 5.73 Å². The largest absolute Gasteiger partial charge is 0.390 e. The molecule has 0 heterocycles. The quantitative estimate of drug-likeness (QED) is 0.897. The van der Waals surface area contributed by atoms with E-state index in [-0.39, 0.29) is 19.1 Å². The second-order valence-electron chi connectivity index (χ2n) is 4.15. The van der Waals surface area contributed by atoms with Crippen LogP contribution in [-0.2, 0) is 0 Å². The lowest BCUT2D eigenvalue weighted by molar-refractivity contribution is -0.138. The molecule has 0 aromatic heterocycles. The Hall–Kier alpha value is -0.780. The van der Waals surface area contributed by atoms with Gasteiger partial charge in [-0.2, -0.15) is 13.2 Å². The highest BCUT2D eigenvalue weighted by Gasteiger charge is 2.28. The van der Waals surface area contributed by atoms with E-state index < -0.39 is 12.6 Å². The van der Waals surface area contributed by atoms with Crippen molar-refractivity contribution < 1.29 is 13.2 Å². The van der Waals surface area contributed by atoms with Gasteiger partial charge in [0.2, 0.25) is 0 Å². The average Bonchev–Trinajstić information content (AvgIpc) is 2.29. The molecule has 0 amide bonds. The van der Waals surface area contributed by atoms with Crippen LogP contribution >= 0.6 is 11.6 Å². The molecule has 6 heteroatoms. The molecule has 0 saturated heterocycles. The number of rotatable bonds is 5. The number of halogens is 4. The van der Waals surface area contributed by atoms with Crippen molar-refractivity contribution >= 4 is 11.6 Å². The van der Waals surface area contributed by atoms with Crippen LogP contribution in [0.25, 0.3) is 0 Å². The molecule has 0 spiro atoms. The van der Waals surface area contributed by atoms with Gasteiger partial charge in [0.25, 0.3) is 0 Å². The van der Waals surface area contributed by atoms with Crippen LogP contribution < -0.4 is 5.73 Å². The topological polar surface area (TPSA) is 29.3 Å². The number of nitrogens with zero attached hydrogens (tertiary/aromatic N) is 1. The number of benzene rings is 1. The highest BCUT2D eigenvalue weighted by atomic mass is 35.5. The lowest BCUT2D eigenvalue weighted by atomic mass is 10.1. The molecule has 1 aromatic rings. The van der Waals surface area contributed by atoms with Crippen molar-refractivity contribution in [1.29, 1.82) is 0 Å². The third kappa shape index (κ3) is 4.84. The molecule has 1 rings (SSSR count). The maximum absolute atomic E-state index is 12.2. The molecule has 2 N–H and O–H groups in total. The summed E-state index contributed by atoms with van der Waals surface area (Å²) in [6, 6.07) is 6.74. The lowest BCUT2D eigenvalue weighted by Crippen LogP contribution is -2.33. The molecule has 0 saturated carbocycles. The van der Waals surface area contributed by atoms with Gasteiger partial charge in [0, 0.05) is 24.2 Å². The molecule has 1 atom stereocenters. The van der Waals surface area contributed by atoms with Crippen LogP contribution in [0, 0.1) is 0 Å². The first-order chi connectivity index (χ1) is 8.33. The zero-order valence-corrected chi connectivity index (χ0v) is 10.8. The van der Waals surface area contributed by atoms with Crippen LogP contribution in [0.1, 0.15) is 18.0 Å². The van der Waals surface area contributed by atoms with Crippen LogP contribution in [0.5, 0.6) is 0 Å². The van der Waals surface area contributed by atoms with E-state index >= 15 is 0 Å². The van der Waals surface area contributed by atoms with Crippen molar-refractivity contribution in [1.82, 2.24) is 4.90 Å². The molecule has 0 aliphatic carbocycles. The van der Waals surface area contributed by atoms with E-state index in [1.54, 1.807) is 36.2 Å². The van der Waals surface area contributed by atoms with Crippen molar-refractivity contribution in [2.45, 2.75) is 18.6 Å². The van der Waals surface area contributed by atoms with Crippen molar-refractivity contribution in [3.05, 3.63) is 34.9 Å². The number of nitrogens with two attached hydrogens (primary N) is 1. The molecule has 0 unspecified atom stereocenters. The van der Waals surface area contributed by atoms with Crippen LogP contribution in [0.4, 0.5) is 13.2 Å². The summed E-state index contributed by atoms with van der Waals surface area (Å²) in [6.07, 6.45) is -4.99. The van der Waals surface area contributed by atoms with Crippen molar-refractivity contribution in [3.8, 4) is 0 Å². The summed E-state index contributed by atoms with van der Waals surface area (Å²) >= 11 is 5.77. The van der Waals surface area contributed by atoms with E-state index in [0.29, 0.717) is 5.02 Å². The minimum Gasteiger partial charge on any atom is -0.329 e. The first-order valence-corrected chi connectivity index (χ1v) is 5.94. The van der Waals surface area contributed by atoms with Gasteiger partial charge in [-0.25, -0.2) is 0 Å². The minimum absolute atomic E-state index is 0.0754. The molecule has 1 aromatic carbocycles. The molecule has 0 fully saturated rings. The van der Waals surface area contributed by atoms with Crippen LogP contribution in [0.2, 0.25) is 5.02 Å². The van der Waals surface area contributed by atoms with E-state index in [9.17, 15) is 13.2 Å². The third-order valence-electron chi connectivity index (χ3n) is 2.76. The maximum Gasteiger partial charge on any atom is 0.390 e. The fourth-order valence-electron chi connectivity index (χ4n) is 1.71. The van der Waals surface area contributed by atoms with E-state index in [2.05, 4.69) is 0 Å². The van der Waals surface area contributed by atoms with E-state index in [1.807, 2.05) is 0 Å². The summed E-state index contributed by atoms with van der Waals surface area (Å²) in [4.78, 5) is 1.61. The fourth-order valence-corrected chi connectivity index (χ4v) is 1.84. The second-order valence-corrected chi connectivity index (χ2v) is 4.59. The summed E-state index contributed by atoms with van der Waals surface area (Å²) in [5.41, 5.74) is 6.49. The zero-order valence-electron chi connectivity index (χ0n) is 10.0. The monoisotopic (exact) mass is 280 g/mol. The summed E-state index contributed by atoms with van der Waals surface area (Å²) in [5.74, 6) is 0. The number of likely N-dealkylation sites (N-methyl/N-ethyl adjacent to an activating group) is 1. The zero-order chi connectivity index (χ0) is 13.8. The molecule has 0 bridgehead atoms. The van der Waals surface area contributed by atoms with Crippen molar-refractivity contribution in [2.24, 2.45) is 5.73 Å². The molecule has 2 nitrogen and oxygen atoms in total. The molecule has 102 valence electrons. The average molecular weight is 281 g/mol. The third-order valence-corrected chi connectivity index (χ3v) is 3.01. The van der Waals surface area contributed by atoms with Gasteiger partial charge in [-0.3, -0.25) is 4.90 Å². The fraction of sp³-hybridized carbons (Fsp3) is 0.500. The Morgan fingerprint density at radius 1 is 1.28 bits per heavy atom. The SMILES string of the molecule is CN(CCC(F)(F)F)[C@H](CN)c1ccc(Cl)cc1. The maximum atomic E-state index is 12.2. The summed E-state index contributed by atoms with van der Waals surface area (Å²) < 4.78 is 36.5. The minimum atomic E-state index is -4.15. The smallest absolute Gasteiger partial charge is 0.329 e. The highest BCUT2D eigenvalue weighted by molar-refractivity contribution is 6.30. The Labute approximate surface area is 110 Å². The number of alkyl halides is 3. The van der Waals surface area contributed by atoms with Crippen molar-refractivity contribution in [2.75, 3.05) is 20.1 Å². The molecular weight excluding hydrogens is 265 g/mol. The van der Waals surface area contributed by atoms with Gasteiger partial charge in [0.15, 0.2) is 0 Å². The van der Waals surface area contributed by atoms with E-state index in [1.165, 1.54) is 0 Å². The molecular formula is C12H16ClF3N2. The number of hydrogen-bond donors (Lipinski definition) is 1. The lowest BCUT2D eigenvalue weighted by Gasteiger charge is -2.27. The predicted octanol–water partition coefficient (Wildman–Crippen LogP) is 3.22. The van der Waals surface area contributed by atoms with E-state index in [0.717, 1.165) is 5.56 Å². The van der Waals surface area contributed by atoms with Crippen molar-refractivity contribution in [3.63, 3.8) is 0 Å². The van der Waals surface area contributed by atoms with Gasteiger partial charge in [0.05, 0.1) is 6.42 Å². The van der Waals surface area contributed by atoms with E-state index in [4.69, 9.17) is 17.3 Å². The molecule has 0 radical (unpaired) electrons. The first kappa shape index (κ1) is 15.3. The summed E-state index contributed by atoms with van der Waals surface area (Å²) in [7, 11) is 1.64. The van der Waals surface area contributed by atoms with Gasteiger partial charge in [-0.05, 0) is 24.7 Å². The second kappa shape index (κ2) is 6.41. The summed E-state index contributed by atoms with van der Waals surface area (Å²) in [6.45, 7) is 0.185. The normalized spacial score (nSPS) is 13.9. The van der Waals surface area contributed by atoms with Gasteiger partial charge in [-0.15, -0.1) is 0 Å². The highest BCUT2D eigenvalue weighted by Crippen LogP contribution is 2.24. The van der Waals surface area contributed by atoms with Crippen LogP contribution in [0.3, 0.4) is 0 Å². The van der Waals surface area contributed by atoms with Gasteiger partial charge in [0.1, 0.15) is 0 Å². The Morgan fingerprint density at radius 2 is 1.83 bits per heavy atom.